The van der Waals surface area contributed by atoms with Gasteiger partial charge in [-0.2, -0.15) is 0 Å². The quantitative estimate of drug-likeness (QED) is 0.501. The maximum atomic E-state index is 10.1. The Morgan fingerprint density at radius 3 is 2.92 bits per heavy atom. The van der Waals surface area contributed by atoms with Crippen LogP contribution in [0.4, 0.5) is 0 Å². The van der Waals surface area contributed by atoms with E-state index in [0.717, 1.165) is 17.4 Å². The van der Waals surface area contributed by atoms with E-state index in [1.54, 1.807) is 0 Å². The Morgan fingerprint density at radius 1 is 1.15 bits per heavy atom. The van der Waals surface area contributed by atoms with E-state index in [-0.39, 0.29) is 0 Å². The monoisotopic (exact) mass is 171 g/mol. The number of hydrogen-bond acceptors (Lipinski definition) is 1. The highest BCUT2D eigenvalue weighted by molar-refractivity contribution is 5.79. The van der Waals surface area contributed by atoms with Crippen LogP contribution >= 0.6 is 0 Å². The van der Waals surface area contributed by atoms with E-state index in [0.29, 0.717) is 0 Å². The minimum absolute atomic E-state index is 0.784. The minimum atomic E-state index is 0.784. The fourth-order valence-corrected chi connectivity index (χ4v) is 1.36. The summed E-state index contributed by atoms with van der Waals surface area (Å²) >= 11 is 0. The van der Waals surface area contributed by atoms with Crippen LogP contribution in [0.3, 0.4) is 0 Å². The SMILES string of the molecule is O=C/C=C/c1ccn2ccccc12. The molecule has 2 rings (SSSR count). The molecule has 2 aromatic rings. The highest BCUT2D eigenvalue weighted by atomic mass is 16.1. The van der Waals surface area contributed by atoms with E-state index in [1.165, 1.54) is 6.08 Å². The van der Waals surface area contributed by atoms with Crippen LogP contribution in [-0.4, -0.2) is 10.7 Å². The van der Waals surface area contributed by atoms with Gasteiger partial charge in [-0.15, -0.1) is 0 Å². The summed E-state index contributed by atoms with van der Waals surface area (Å²) in [7, 11) is 0. The van der Waals surface area contributed by atoms with Crippen molar-refractivity contribution in [3.8, 4) is 0 Å². The summed E-state index contributed by atoms with van der Waals surface area (Å²) in [6, 6.07) is 7.95. The van der Waals surface area contributed by atoms with E-state index in [9.17, 15) is 4.79 Å². The number of fused-ring (bicyclic) bond motifs is 1. The number of aromatic nitrogens is 1. The zero-order chi connectivity index (χ0) is 9.10. The summed E-state index contributed by atoms with van der Waals surface area (Å²) in [4.78, 5) is 10.1. The number of nitrogens with zero attached hydrogens (tertiary/aromatic N) is 1. The molecule has 2 heteroatoms. The summed E-state index contributed by atoms with van der Waals surface area (Å²) < 4.78 is 2.02. The van der Waals surface area contributed by atoms with Gasteiger partial charge >= 0.3 is 0 Å². The van der Waals surface area contributed by atoms with Gasteiger partial charge in [-0.3, -0.25) is 4.79 Å². The van der Waals surface area contributed by atoms with E-state index in [4.69, 9.17) is 0 Å². The Balaban J connectivity index is 2.57. The molecule has 0 aromatic carbocycles. The molecule has 2 nitrogen and oxygen atoms in total. The molecule has 0 N–H and O–H groups in total. The Hall–Kier alpha value is -1.83. The van der Waals surface area contributed by atoms with Crippen molar-refractivity contribution in [1.29, 1.82) is 0 Å². The first-order chi connectivity index (χ1) is 6.42. The van der Waals surface area contributed by atoms with Gasteiger partial charge in [0.2, 0.25) is 0 Å². The molecule has 0 aliphatic carbocycles. The Morgan fingerprint density at radius 2 is 2.08 bits per heavy atom. The van der Waals surface area contributed by atoms with Gasteiger partial charge in [0.15, 0.2) is 0 Å². The number of rotatable bonds is 2. The van der Waals surface area contributed by atoms with Crippen LogP contribution in [0.2, 0.25) is 0 Å². The second kappa shape index (κ2) is 3.27. The maximum absolute atomic E-state index is 10.1. The third-order valence-corrected chi connectivity index (χ3v) is 1.95. The third-order valence-electron chi connectivity index (χ3n) is 1.95. The molecule has 0 bridgehead atoms. The lowest BCUT2D eigenvalue weighted by molar-refractivity contribution is -0.104. The zero-order valence-corrected chi connectivity index (χ0v) is 7.05. The summed E-state index contributed by atoms with van der Waals surface area (Å²) in [6.45, 7) is 0. The number of allylic oxidation sites excluding steroid dienone is 1. The normalized spacial score (nSPS) is 11.1. The van der Waals surface area contributed by atoms with Crippen LogP contribution in [0.5, 0.6) is 0 Å². The van der Waals surface area contributed by atoms with Crippen molar-refractivity contribution in [3.63, 3.8) is 0 Å². The lowest BCUT2D eigenvalue weighted by Crippen LogP contribution is -1.78. The first-order valence-corrected chi connectivity index (χ1v) is 4.09. The standard InChI is InChI=1S/C11H9NO/c13-9-3-4-10-6-8-12-7-2-1-5-11(10)12/h1-9H/b4-3+. The smallest absolute Gasteiger partial charge is 0.142 e. The largest absolute Gasteiger partial charge is 0.323 e. The van der Waals surface area contributed by atoms with Crippen molar-refractivity contribution < 1.29 is 4.79 Å². The number of carbonyl (C=O) groups excluding carboxylic acids is 1. The van der Waals surface area contributed by atoms with Crippen molar-refractivity contribution in [2.75, 3.05) is 0 Å². The maximum Gasteiger partial charge on any atom is 0.142 e. The second-order valence-corrected chi connectivity index (χ2v) is 2.76. The van der Waals surface area contributed by atoms with Gasteiger partial charge in [0.05, 0.1) is 5.52 Å². The molecule has 2 aromatic heterocycles. The number of hydrogen-bond donors (Lipinski definition) is 0. The minimum Gasteiger partial charge on any atom is -0.323 e. The molecule has 0 aliphatic heterocycles. The molecule has 2 heterocycles. The van der Waals surface area contributed by atoms with Gasteiger partial charge in [0.25, 0.3) is 0 Å². The van der Waals surface area contributed by atoms with Gasteiger partial charge in [0.1, 0.15) is 6.29 Å². The highest BCUT2D eigenvalue weighted by Crippen LogP contribution is 2.13. The van der Waals surface area contributed by atoms with Gasteiger partial charge in [0, 0.05) is 18.0 Å². The molecule has 0 saturated carbocycles. The molecular formula is C11H9NO. The van der Waals surface area contributed by atoms with Gasteiger partial charge in [-0.1, -0.05) is 6.07 Å². The molecule has 64 valence electrons. The molecule has 0 atom stereocenters. The van der Waals surface area contributed by atoms with E-state index < -0.39 is 0 Å². The molecule has 0 fully saturated rings. The van der Waals surface area contributed by atoms with E-state index >= 15 is 0 Å². The molecule has 0 saturated heterocycles. The summed E-state index contributed by atoms with van der Waals surface area (Å²) in [5.74, 6) is 0. The lowest BCUT2D eigenvalue weighted by Gasteiger charge is -1.92. The van der Waals surface area contributed by atoms with Crippen molar-refractivity contribution in [2.24, 2.45) is 0 Å². The van der Waals surface area contributed by atoms with Crippen molar-refractivity contribution in [1.82, 2.24) is 4.40 Å². The number of aldehydes is 1. The van der Waals surface area contributed by atoms with Crippen LogP contribution in [0.1, 0.15) is 5.56 Å². The molecule has 0 radical (unpaired) electrons. The first kappa shape index (κ1) is 7.80. The molecule has 0 unspecified atom stereocenters. The average Bonchev–Trinajstić information content (AvgIpc) is 2.58. The molecule has 0 spiro atoms. The Labute approximate surface area is 76.1 Å². The first-order valence-electron chi connectivity index (χ1n) is 4.09. The Bertz CT molecular complexity index is 454. The summed E-state index contributed by atoms with van der Waals surface area (Å²) in [5.41, 5.74) is 2.17. The van der Waals surface area contributed by atoms with Gasteiger partial charge in [-0.05, 0) is 30.4 Å². The summed E-state index contributed by atoms with van der Waals surface area (Å²) in [5, 5.41) is 0. The van der Waals surface area contributed by atoms with Crippen LogP contribution < -0.4 is 0 Å². The fourth-order valence-electron chi connectivity index (χ4n) is 1.36. The van der Waals surface area contributed by atoms with Crippen molar-refractivity contribution in [3.05, 3.63) is 48.3 Å². The predicted octanol–water partition coefficient (Wildman–Crippen LogP) is 2.15. The van der Waals surface area contributed by atoms with Crippen LogP contribution in [0, 0.1) is 0 Å². The third kappa shape index (κ3) is 1.38. The predicted molar refractivity (Wildman–Crippen MR) is 52.5 cm³/mol. The van der Waals surface area contributed by atoms with E-state index in [2.05, 4.69) is 0 Å². The van der Waals surface area contributed by atoms with E-state index in [1.807, 2.05) is 47.1 Å². The average molecular weight is 171 g/mol. The zero-order valence-electron chi connectivity index (χ0n) is 7.05. The number of carbonyl (C=O) groups is 1. The second-order valence-electron chi connectivity index (χ2n) is 2.76. The lowest BCUT2D eigenvalue weighted by atomic mass is 10.2. The molecule has 0 aliphatic rings. The Kier molecular flexibility index (Phi) is 1.96. The molecule has 0 amide bonds. The van der Waals surface area contributed by atoms with Gasteiger partial charge in [-0.25, -0.2) is 0 Å². The van der Waals surface area contributed by atoms with Crippen LogP contribution in [0.15, 0.2) is 42.7 Å². The topological polar surface area (TPSA) is 21.5 Å². The van der Waals surface area contributed by atoms with Crippen LogP contribution in [-0.2, 0) is 4.79 Å². The number of pyridine rings is 1. The van der Waals surface area contributed by atoms with Gasteiger partial charge < -0.3 is 4.40 Å². The molecular weight excluding hydrogens is 162 g/mol. The highest BCUT2D eigenvalue weighted by Gasteiger charge is 1.95. The van der Waals surface area contributed by atoms with Crippen LogP contribution in [0.25, 0.3) is 11.6 Å². The van der Waals surface area contributed by atoms with Crippen molar-refractivity contribution in [2.45, 2.75) is 0 Å². The summed E-state index contributed by atoms with van der Waals surface area (Å²) in [6.07, 6.45) is 8.05. The molecule has 13 heavy (non-hydrogen) atoms. The fraction of sp³-hybridized carbons (Fsp3) is 0. The van der Waals surface area contributed by atoms with Crippen molar-refractivity contribution >= 4 is 17.9 Å².